The van der Waals surface area contributed by atoms with Gasteiger partial charge in [0, 0.05) is 10.0 Å². The van der Waals surface area contributed by atoms with E-state index in [9.17, 15) is 18.0 Å². The van der Waals surface area contributed by atoms with Gasteiger partial charge in [-0.3, -0.25) is 4.79 Å². The lowest BCUT2D eigenvalue weighted by Gasteiger charge is -2.16. The summed E-state index contributed by atoms with van der Waals surface area (Å²) < 4.78 is 40.0. The van der Waals surface area contributed by atoms with Gasteiger partial charge in [0.15, 0.2) is 0 Å². The van der Waals surface area contributed by atoms with E-state index in [0.29, 0.717) is 0 Å². The first-order valence-electron chi connectivity index (χ1n) is 6.09. The molecule has 6 heteroatoms. The third-order valence-corrected chi connectivity index (χ3v) is 3.60. The molecule has 2 aromatic carbocycles. The number of carbonyl (C=O) groups is 1. The molecule has 1 amide bonds. The Morgan fingerprint density at radius 1 is 1.10 bits per heavy atom. The van der Waals surface area contributed by atoms with Crippen molar-refractivity contribution in [2.75, 3.05) is 0 Å². The molecule has 0 aliphatic rings. The van der Waals surface area contributed by atoms with Crippen LogP contribution in [0, 0.1) is 17.5 Å². The van der Waals surface area contributed by atoms with Gasteiger partial charge in [-0.25, -0.2) is 13.2 Å². The standard InChI is InChI=1S/C15H11BrF3NO/c1-8(12-6-9(17)3-5-14(12)19)20-15(21)11-4-2-10(18)7-13(11)16/h2-8H,1H3,(H,20,21). The van der Waals surface area contributed by atoms with Crippen LogP contribution < -0.4 is 5.32 Å². The molecule has 110 valence electrons. The van der Waals surface area contributed by atoms with Crippen LogP contribution in [0.1, 0.15) is 28.9 Å². The molecule has 1 unspecified atom stereocenters. The van der Waals surface area contributed by atoms with E-state index in [4.69, 9.17) is 0 Å². The van der Waals surface area contributed by atoms with E-state index in [1.54, 1.807) is 0 Å². The van der Waals surface area contributed by atoms with Crippen molar-refractivity contribution in [1.29, 1.82) is 0 Å². The van der Waals surface area contributed by atoms with Crippen molar-refractivity contribution in [2.45, 2.75) is 13.0 Å². The van der Waals surface area contributed by atoms with Gasteiger partial charge in [0.25, 0.3) is 5.91 Å². The molecule has 0 saturated carbocycles. The van der Waals surface area contributed by atoms with Crippen LogP contribution in [0.15, 0.2) is 40.9 Å². The quantitative estimate of drug-likeness (QED) is 0.868. The first-order chi connectivity index (χ1) is 9.88. The molecule has 21 heavy (non-hydrogen) atoms. The van der Waals surface area contributed by atoms with E-state index in [1.165, 1.54) is 13.0 Å². The van der Waals surface area contributed by atoms with Crippen LogP contribution in [0.25, 0.3) is 0 Å². The summed E-state index contributed by atoms with van der Waals surface area (Å²) in [5.74, 6) is -2.20. The fourth-order valence-corrected chi connectivity index (χ4v) is 2.40. The Bertz CT molecular complexity index is 691. The summed E-state index contributed by atoms with van der Waals surface area (Å²) in [5, 5.41) is 2.54. The number of nitrogens with one attached hydrogen (secondary N) is 1. The summed E-state index contributed by atoms with van der Waals surface area (Å²) in [4.78, 5) is 12.1. The SMILES string of the molecule is CC(NC(=O)c1ccc(F)cc1Br)c1cc(F)ccc1F. The Hall–Kier alpha value is -1.82. The first-order valence-corrected chi connectivity index (χ1v) is 6.88. The van der Waals surface area contributed by atoms with Crippen LogP contribution in [0.3, 0.4) is 0 Å². The second-order valence-corrected chi connectivity index (χ2v) is 5.34. The number of rotatable bonds is 3. The smallest absolute Gasteiger partial charge is 0.252 e. The van der Waals surface area contributed by atoms with Gasteiger partial charge in [0.2, 0.25) is 0 Å². The molecule has 0 aliphatic heterocycles. The maximum absolute atomic E-state index is 13.6. The monoisotopic (exact) mass is 357 g/mol. The average Bonchev–Trinajstić information content (AvgIpc) is 2.41. The maximum atomic E-state index is 13.6. The zero-order chi connectivity index (χ0) is 15.6. The van der Waals surface area contributed by atoms with E-state index < -0.39 is 29.4 Å². The van der Waals surface area contributed by atoms with Crippen molar-refractivity contribution >= 4 is 21.8 Å². The van der Waals surface area contributed by atoms with Gasteiger partial charge < -0.3 is 5.32 Å². The van der Waals surface area contributed by atoms with Gasteiger partial charge in [0.05, 0.1) is 11.6 Å². The fraction of sp³-hybridized carbons (Fsp3) is 0.133. The average molecular weight is 358 g/mol. The summed E-state index contributed by atoms with van der Waals surface area (Å²) in [5.41, 5.74) is 0.252. The summed E-state index contributed by atoms with van der Waals surface area (Å²) in [6, 6.07) is 5.91. The first kappa shape index (κ1) is 15.6. The van der Waals surface area contributed by atoms with Gasteiger partial charge in [-0.2, -0.15) is 0 Å². The Morgan fingerprint density at radius 2 is 1.71 bits per heavy atom. The molecule has 2 nitrogen and oxygen atoms in total. The van der Waals surface area contributed by atoms with E-state index in [0.717, 1.165) is 30.3 Å². The van der Waals surface area contributed by atoms with Gasteiger partial charge >= 0.3 is 0 Å². The molecule has 0 bridgehead atoms. The third kappa shape index (κ3) is 3.64. The molecule has 0 heterocycles. The highest BCUT2D eigenvalue weighted by atomic mass is 79.9. The van der Waals surface area contributed by atoms with Crippen LogP contribution in [-0.4, -0.2) is 5.91 Å². The molecule has 1 atom stereocenters. The second kappa shape index (κ2) is 6.30. The Kier molecular flexibility index (Phi) is 4.67. The Labute approximate surface area is 128 Å². The summed E-state index contributed by atoms with van der Waals surface area (Å²) in [7, 11) is 0. The number of halogens is 4. The number of hydrogen-bond acceptors (Lipinski definition) is 1. The minimum absolute atomic E-state index is 0.0431. The third-order valence-electron chi connectivity index (χ3n) is 2.95. The zero-order valence-corrected chi connectivity index (χ0v) is 12.5. The van der Waals surface area contributed by atoms with Gasteiger partial charge in [0.1, 0.15) is 17.5 Å². The molecular formula is C15H11BrF3NO. The highest BCUT2D eigenvalue weighted by Gasteiger charge is 2.17. The minimum atomic E-state index is -0.731. The number of benzene rings is 2. The fourth-order valence-electron chi connectivity index (χ4n) is 1.87. The normalized spacial score (nSPS) is 12.0. The Balaban J connectivity index is 2.20. The number of hydrogen-bond donors (Lipinski definition) is 1. The van der Waals surface area contributed by atoms with E-state index in [2.05, 4.69) is 21.2 Å². The lowest BCUT2D eigenvalue weighted by Crippen LogP contribution is -2.27. The van der Waals surface area contributed by atoms with Crippen LogP contribution in [0.5, 0.6) is 0 Å². The van der Waals surface area contributed by atoms with Crippen LogP contribution in [0.2, 0.25) is 0 Å². The maximum Gasteiger partial charge on any atom is 0.252 e. The highest BCUT2D eigenvalue weighted by Crippen LogP contribution is 2.21. The lowest BCUT2D eigenvalue weighted by molar-refractivity contribution is 0.0938. The van der Waals surface area contributed by atoms with Crippen LogP contribution in [-0.2, 0) is 0 Å². The van der Waals surface area contributed by atoms with Crippen LogP contribution in [0.4, 0.5) is 13.2 Å². The van der Waals surface area contributed by atoms with Crippen molar-refractivity contribution in [2.24, 2.45) is 0 Å². The molecule has 2 aromatic rings. The van der Waals surface area contributed by atoms with Crippen molar-refractivity contribution < 1.29 is 18.0 Å². The second-order valence-electron chi connectivity index (χ2n) is 4.49. The predicted molar refractivity (Wildman–Crippen MR) is 76.3 cm³/mol. The largest absolute Gasteiger partial charge is 0.345 e. The molecule has 0 saturated heterocycles. The van der Waals surface area contributed by atoms with Crippen molar-refractivity contribution in [3.63, 3.8) is 0 Å². The molecule has 0 aromatic heterocycles. The molecule has 0 aliphatic carbocycles. The topological polar surface area (TPSA) is 29.1 Å². The lowest BCUT2D eigenvalue weighted by atomic mass is 10.1. The van der Waals surface area contributed by atoms with Gasteiger partial charge in [-0.05, 0) is 59.3 Å². The summed E-state index contributed by atoms with van der Waals surface area (Å²) in [6.07, 6.45) is 0. The Morgan fingerprint density at radius 3 is 2.38 bits per heavy atom. The highest BCUT2D eigenvalue weighted by molar-refractivity contribution is 9.10. The van der Waals surface area contributed by atoms with E-state index >= 15 is 0 Å². The molecule has 1 N–H and O–H groups in total. The van der Waals surface area contributed by atoms with Crippen molar-refractivity contribution in [1.82, 2.24) is 5.32 Å². The van der Waals surface area contributed by atoms with Crippen LogP contribution >= 0.6 is 15.9 Å². The number of carbonyl (C=O) groups excluding carboxylic acids is 1. The summed E-state index contributed by atoms with van der Waals surface area (Å²) >= 11 is 3.09. The van der Waals surface area contributed by atoms with E-state index in [-0.39, 0.29) is 15.6 Å². The minimum Gasteiger partial charge on any atom is -0.345 e. The molecule has 0 spiro atoms. The van der Waals surface area contributed by atoms with Gasteiger partial charge in [-0.15, -0.1) is 0 Å². The summed E-state index contributed by atoms with van der Waals surface area (Å²) in [6.45, 7) is 1.53. The van der Waals surface area contributed by atoms with E-state index in [1.807, 2.05) is 0 Å². The molecule has 0 fully saturated rings. The van der Waals surface area contributed by atoms with Crippen molar-refractivity contribution in [3.05, 3.63) is 69.4 Å². The van der Waals surface area contributed by atoms with Gasteiger partial charge in [-0.1, -0.05) is 0 Å². The molecule has 2 rings (SSSR count). The van der Waals surface area contributed by atoms with Crippen molar-refractivity contribution in [3.8, 4) is 0 Å². The molecular weight excluding hydrogens is 347 g/mol. The predicted octanol–water partition coefficient (Wildman–Crippen LogP) is 4.36. The zero-order valence-electron chi connectivity index (χ0n) is 11.0. The number of amides is 1. The molecule has 0 radical (unpaired) electrons.